The van der Waals surface area contributed by atoms with Crippen LogP contribution in [0.4, 0.5) is 0 Å². The number of allylic oxidation sites excluding steroid dienone is 1. The van der Waals surface area contributed by atoms with Gasteiger partial charge in [0.1, 0.15) is 0 Å². The Hall–Kier alpha value is -0.830. The first-order valence-electron chi connectivity index (χ1n) is 5.16. The maximum absolute atomic E-state index is 11.6. The van der Waals surface area contributed by atoms with Crippen LogP contribution in [0.25, 0.3) is 0 Å². The molecule has 1 aliphatic heterocycles. The van der Waals surface area contributed by atoms with E-state index in [-0.39, 0.29) is 17.9 Å². The van der Waals surface area contributed by atoms with Crippen molar-refractivity contribution >= 4 is 5.91 Å². The van der Waals surface area contributed by atoms with Crippen LogP contribution in [0, 0.1) is 5.92 Å². The van der Waals surface area contributed by atoms with Crippen molar-refractivity contribution in [2.75, 3.05) is 13.1 Å². The predicted molar refractivity (Wildman–Crippen MR) is 55.8 cm³/mol. The number of aliphatic hydroxyl groups is 1. The molecule has 2 unspecified atom stereocenters. The zero-order chi connectivity index (χ0) is 10.7. The largest absolute Gasteiger partial charge is 0.391 e. The van der Waals surface area contributed by atoms with Crippen molar-refractivity contribution in [1.29, 1.82) is 0 Å². The lowest BCUT2D eigenvalue weighted by atomic mass is 10.0. The molecule has 0 radical (unpaired) electrons. The fourth-order valence-corrected chi connectivity index (χ4v) is 1.77. The maximum Gasteiger partial charge on any atom is 0.246 e. The third-order valence-electron chi connectivity index (χ3n) is 2.65. The van der Waals surface area contributed by atoms with Crippen LogP contribution in [-0.4, -0.2) is 35.1 Å². The van der Waals surface area contributed by atoms with Crippen LogP contribution in [-0.2, 0) is 4.79 Å². The summed E-state index contributed by atoms with van der Waals surface area (Å²) in [7, 11) is 0. The van der Waals surface area contributed by atoms with Gasteiger partial charge in [-0.25, -0.2) is 0 Å². The smallest absolute Gasteiger partial charge is 0.246 e. The van der Waals surface area contributed by atoms with E-state index in [2.05, 4.69) is 0 Å². The van der Waals surface area contributed by atoms with Crippen LogP contribution in [0.15, 0.2) is 11.6 Å². The number of nitrogens with zero attached hydrogens (tertiary/aromatic N) is 1. The third kappa shape index (κ3) is 2.58. The first kappa shape index (κ1) is 11.2. The minimum atomic E-state index is -0.338. The SMILES string of the molecule is CCC1CN(C(=O)C=C(C)C)CC1O. The van der Waals surface area contributed by atoms with Crippen molar-refractivity contribution in [3.8, 4) is 0 Å². The molecule has 1 heterocycles. The molecule has 80 valence electrons. The number of β-amino-alcohol motifs (C(OH)–C–C–N with tert-alkyl or cyclic N) is 1. The molecule has 3 nitrogen and oxygen atoms in total. The quantitative estimate of drug-likeness (QED) is 0.675. The average molecular weight is 197 g/mol. The Labute approximate surface area is 85.4 Å². The molecule has 14 heavy (non-hydrogen) atoms. The summed E-state index contributed by atoms with van der Waals surface area (Å²) >= 11 is 0. The van der Waals surface area contributed by atoms with E-state index >= 15 is 0 Å². The van der Waals surface area contributed by atoms with Gasteiger partial charge in [-0.05, 0) is 20.3 Å². The predicted octanol–water partition coefficient (Wildman–Crippen LogP) is 1.18. The molecule has 0 aromatic rings. The van der Waals surface area contributed by atoms with E-state index in [4.69, 9.17) is 0 Å². The topological polar surface area (TPSA) is 40.5 Å². The van der Waals surface area contributed by atoms with Crippen molar-refractivity contribution in [2.24, 2.45) is 5.92 Å². The lowest BCUT2D eigenvalue weighted by molar-refractivity contribution is -0.125. The second-order valence-corrected chi connectivity index (χ2v) is 4.20. The number of rotatable bonds is 2. The number of carbonyl (C=O) groups is 1. The summed E-state index contributed by atoms with van der Waals surface area (Å²) in [6, 6.07) is 0. The lowest BCUT2D eigenvalue weighted by Crippen LogP contribution is -2.28. The second-order valence-electron chi connectivity index (χ2n) is 4.20. The number of amides is 1. The molecular weight excluding hydrogens is 178 g/mol. The molecule has 0 bridgehead atoms. The van der Waals surface area contributed by atoms with Gasteiger partial charge in [-0.1, -0.05) is 12.5 Å². The van der Waals surface area contributed by atoms with Gasteiger partial charge in [0.05, 0.1) is 6.10 Å². The van der Waals surface area contributed by atoms with E-state index in [1.807, 2.05) is 20.8 Å². The Bertz CT molecular complexity index is 244. The Balaban J connectivity index is 2.57. The van der Waals surface area contributed by atoms with E-state index in [1.54, 1.807) is 11.0 Å². The Morgan fingerprint density at radius 1 is 1.50 bits per heavy atom. The van der Waals surface area contributed by atoms with Gasteiger partial charge in [0.25, 0.3) is 0 Å². The lowest BCUT2D eigenvalue weighted by Gasteiger charge is -2.13. The highest BCUT2D eigenvalue weighted by Crippen LogP contribution is 2.20. The van der Waals surface area contributed by atoms with Crippen molar-refractivity contribution in [3.05, 3.63) is 11.6 Å². The van der Waals surface area contributed by atoms with Gasteiger partial charge < -0.3 is 10.0 Å². The van der Waals surface area contributed by atoms with E-state index in [1.165, 1.54) is 0 Å². The zero-order valence-electron chi connectivity index (χ0n) is 9.16. The van der Waals surface area contributed by atoms with Crippen LogP contribution in [0.1, 0.15) is 27.2 Å². The third-order valence-corrected chi connectivity index (χ3v) is 2.65. The average Bonchev–Trinajstić information content (AvgIpc) is 2.45. The van der Waals surface area contributed by atoms with Crippen LogP contribution in [0.5, 0.6) is 0 Å². The highest BCUT2D eigenvalue weighted by Gasteiger charge is 2.31. The van der Waals surface area contributed by atoms with Crippen LogP contribution in [0.2, 0.25) is 0 Å². The number of carbonyl (C=O) groups excluding carboxylic acids is 1. The van der Waals surface area contributed by atoms with Crippen LogP contribution in [0.3, 0.4) is 0 Å². The Morgan fingerprint density at radius 3 is 2.57 bits per heavy atom. The molecule has 1 saturated heterocycles. The van der Waals surface area contributed by atoms with Gasteiger partial charge in [-0.15, -0.1) is 0 Å². The van der Waals surface area contributed by atoms with Gasteiger partial charge in [-0.3, -0.25) is 4.79 Å². The first-order valence-corrected chi connectivity index (χ1v) is 5.16. The van der Waals surface area contributed by atoms with E-state index < -0.39 is 0 Å². The number of hydrogen-bond acceptors (Lipinski definition) is 2. The van der Waals surface area contributed by atoms with Gasteiger partial charge in [0.2, 0.25) is 5.91 Å². The summed E-state index contributed by atoms with van der Waals surface area (Å²) in [5, 5.41) is 9.63. The van der Waals surface area contributed by atoms with E-state index in [0.29, 0.717) is 13.1 Å². The summed E-state index contributed by atoms with van der Waals surface area (Å²) in [5.41, 5.74) is 1.00. The molecular formula is C11H19NO2. The van der Waals surface area contributed by atoms with Crippen molar-refractivity contribution < 1.29 is 9.90 Å². The molecule has 1 aliphatic rings. The summed E-state index contributed by atoms with van der Waals surface area (Å²) in [4.78, 5) is 13.3. The van der Waals surface area contributed by atoms with Crippen molar-refractivity contribution in [1.82, 2.24) is 4.90 Å². The van der Waals surface area contributed by atoms with Gasteiger partial charge in [0.15, 0.2) is 0 Å². The number of aliphatic hydroxyl groups excluding tert-OH is 1. The second kappa shape index (κ2) is 4.60. The maximum atomic E-state index is 11.6. The first-order chi connectivity index (χ1) is 6.54. The molecule has 3 heteroatoms. The fraction of sp³-hybridized carbons (Fsp3) is 0.727. The molecule has 2 atom stereocenters. The summed E-state index contributed by atoms with van der Waals surface area (Å²) in [5.74, 6) is 0.282. The number of hydrogen-bond donors (Lipinski definition) is 1. The summed E-state index contributed by atoms with van der Waals surface area (Å²) in [6.07, 6.45) is 2.22. The highest BCUT2D eigenvalue weighted by molar-refractivity contribution is 5.88. The summed E-state index contributed by atoms with van der Waals surface area (Å²) < 4.78 is 0. The minimum Gasteiger partial charge on any atom is -0.391 e. The molecule has 1 amide bonds. The highest BCUT2D eigenvalue weighted by atomic mass is 16.3. The molecule has 0 saturated carbocycles. The van der Waals surface area contributed by atoms with Crippen LogP contribution < -0.4 is 0 Å². The van der Waals surface area contributed by atoms with E-state index in [0.717, 1.165) is 12.0 Å². The minimum absolute atomic E-state index is 0.0278. The molecule has 1 N–H and O–H groups in total. The Kier molecular flexibility index (Phi) is 3.69. The van der Waals surface area contributed by atoms with Crippen molar-refractivity contribution in [2.45, 2.75) is 33.3 Å². The summed E-state index contributed by atoms with van der Waals surface area (Å²) in [6.45, 7) is 7.04. The standard InChI is InChI=1S/C11H19NO2/c1-4-9-6-12(7-10(9)13)11(14)5-8(2)3/h5,9-10,13H,4,6-7H2,1-3H3. The number of likely N-dealkylation sites (tertiary alicyclic amines) is 1. The zero-order valence-corrected chi connectivity index (χ0v) is 9.16. The molecule has 0 aromatic heterocycles. The van der Waals surface area contributed by atoms with Gasteiger partial charge in [0, 0.05) is 25.1 Å². The molecule has 0 aliphatic carbocycles. The van der Waals surface area contributed by atoms with Gasteiger partial charge >= 0.3 is 0 Å². The van der Waals surface area contributed by atoms with Gasteiger partial charge in [-0.2, -0.15) is 0 Å². The Morgan fingerprint density at radius 2 is 2.14 bits per heavy atom. The molecule has 0 aromatic carbocycles. The molecule has 0 spiro atoms. The fourth-order valence-electron chi connectivity index (χ4n) is 1.77. The molecule has 1 fully saturated rings. The molecule has 1 rings (SSSR count). The normalized spacial score (nSPS) is 26.4. The van der Waals surface area contributed by atoms with Crippen LogP contribution >= 0.6 is 0 Å². The van der Waals surface area contributed by atoms with Crippen molar-refractivity contribution in [3.63, 3.8) is 0 Å². The van der Waals surface area contributed by atoms with E-state index in [9.17, 15) is 9.90 Å². The monoisotopic (exact) mass is 197 g/mol.